The molecule has 2 aromatic carbocycles. The molecular formula is C20H19ClN2O2. The molecule has 0 saturated carbocycles. The Morgan fingerprint density at radius 2 is 1.72 bits per heavy atom. The molecule has 0 saturated heterocycles. The van der Waals surface area contributed by atoms with E-state index < -0.39 is 5.92 Å². The number of nitrogens with zero attached hydrogens (tertiary/aromatic N) is 1. The van der Waals surface area contributed by atoms with Gasteiger partial charge in [0, 0.05) is 23.6 Å². The van der Waals surface area contributed by atoms with Gasteiger partial charge in [-0.3, -0.25) is 9.59 Å². The number of aryl methyl sites for hydroxylation is 1. The Kier molecular flexibility index (Phi) is 6.73. The Bertz CT molecular complexity index is 777. The maximum Gasteiger partial charge on any atom is 0.224 e. The second kappa shape index (κ2) is 9.00. The van der Waals surface area contributed by atoms with Crippen LogP contribution in [0.3, 0.4) is 0 Å². The van der Waals surface area contributed by atoms with E-state index in [4.69, 9.17) is 11.6 Å². The van der Waals surface area contributed by atoms with E-state index in [1.54, 1.807) is 36.4 Å². The fourth-order valence-corrected chi connectivity index (χ4v) is 2.54. The number of carbonyl (C=O) groups is 2. The zero-order chi connectivity index (χ0) is 18.2. The van der Waals surface area contributed by atoms with Gasteiger partial charge in [-0.05, 0) is 43.2 Å². The van der Waals surface area contributed by atoms with Crippen molar-refractivity contribution in [1.29, 1.82) is 5.26 Å². The molecule has 1 N–H and O–H groups in total. The van der Waals surface area contributed by atoms with E-state index in [-0.39, 0.29) is 24.5 Å². The first-order valence-corrected chi connectivity index (χ1v) is 8.41. The molecule has 2 aromatic rings. The molecule has 1 atom stereocenters. The lowest BCUT2D eigenvalue weighted by Crippen LogP contribution is -2.14. The standard InChI is InChI=1S/C20H19ClN2O2/c1-14-5-7-15(8-6-14)18(13-22)19(24)3-2-4-20(25)23-17-11-9-16(21)10-12-17/h5-12,18H,2-4H2,1H3,(H,23,25)/t18-/m0/s1. The zero-order valence-corrected chi connectivity index (χ0v) is 14.7. The molecule has 2 rings (SSSR count). The van der Waals surface area contributed by atoms with Crippen molar-refractivity contribution in [2.24, 2.45) is 0 Å². The van der Waals surface area contributed by atoms with E-state index in [0.717, 1.165) is 5.56 Å². The summed E-state index contributed by atoms with van der Waals surface area (Å²) >= 11 is 5.79. The number of Topliss-reactive ketones (excluding diaryl/α,β-unsaturated/α-hetero) is 1. The number of benzene rings is 2. The van der Waals surface area contributed by atoms with Crippen molar-refractivity contribution < 1.29 is 9.59 Å². The minimum absolute atomic E-state index is 0.161. The lowest BCUT2D eigenvalue weighted by Gasteiger charge is -2.09. The van der Waals surface area contributed by atoms with E-state index in [1.165, 1.54) is 0 Å². The summed E-state index contributed by atoms with van der Waals surface area (Å²) in [5.74, 6) is -1.11. The third-order valence-corrected chi connectivity index (χ3v) is 4.07. The van der Waals surface area contributed by atoms with Crippen molar-refractivity contribution >= 4 is 29.0 Å². The number of amides is 1. The molecule has 0 aromatic heterocycles. The normalized spacial score (nSPS) is 11.4. The Hall–Kier alpha value is -2.64. The van der Waals surface area contributed by atoms with Crippen LogP contribution in [-0.4, -0.2) is 11.7 Å². The number of nitrogens with one attached hydrogen (secondary N) is 1. The molecule has 0 unspecified atom stereocenters. The van der Waals surface area contributed by atoms with E-state index in [0.29, 0.717) is 22.7 Å². The highest BCUT2D eigenvalue weighted by Gasteiger charge is 2.19. The third-order valence-electron chi connectivity index (χ3n) is 3.82. The smallest absolute Gasteiger partial charge is 0.224 e. The van der Waals surface area contributed by atoms with Crippen LogP contribution in [0.2, 0.25) is 5.02 Å². The van der Waals surface area contributed by atoms with Crippen LogP contribution in [0.5, 0.6) is 0 Å². The first kappa shape index (κ1) is 18.7. The Morgan fingerprint density at radius 1 is 1.08 bits per heavy atom. The average molecular weight is 355 g/mol. The van der Waals surface area contributed by atoms with Crippen LogP contribution in [0, 0.1) is 18.3 Å². The van der Waals surface area contributed by atoms with Crippen LogP contribution in [-0.2, 0) is 9.59 Å². The Labute approximate surface area is 152 Å². The number of hydrogen-bond donors (Lipinski definition) is 1. The number of nitriles is 1. The highest BCUT2D eigenvalue weighted by molar-refractivity contribution is 6.30. The van der Waals surface area contributed by atoms with Crippen LogP contribution in [0.25, 0.3) is 0 Å². The Morgan fingerprint density at radius 3 is 2.32 bits per heavy atom. The molecule has 0 fully saturated rings. The molecule has 1 amide bonds. The van der Waals surface area contributed by atoms with Gasteiger partial charge in [-0.1, -0.05) is 41.4 Å². The fraction of sp³-hybridized carbons (Fsp3) is 0.250. The molecule has 0 bridgehead atoms. The summed E-state index contributed by atoms with van der Waals surface area (Å²) in [5, 5.41) is 12.6. The van der Waals surface area contributed by atoms with Gasteiger partial charge < -0.3 is 5.32 Å². The number of rotatable bonds is 7. The number of carbonyl (C=O) groups excluding carboxylic acids is 2. The quantitative estimate of drug-likeness (QED) is 0.787. The minimum atomic E-state index is -0.778. The second-order valence-electron chi connectivity index (χ2n) is 5.85. The van der Waals surface area contributed by atoms with Crippen LogP contribution in [0.1, 0.15) is 36.3 Å². The summed E-state index contributed by atoms with van der Waals surface area (Å²) in [5.41, 5.74) is 2.44. The lowest BCUT2D eigenvalue weighted by atomic mass is 9.92. The molecule has 0 aliphatic rings. The summed E-state index contributed by atoms with van der Waals surface area (Å²) in [6.07, 6.45) is 0.822. The van der Waals surface area contributed by atoms with E-state index in [9.17, 15) is 14.9 Å². The van der Waals surface area contributed by atoms with E-state index >= 15 is 0 Å². The summed E-state index contributed by atoms with van der Waals surface area (Å²) in [4.78, 5) is 24.2. The molecule has 0 aliphatic carbocycles. The van der Waals surface area contributed by atoms with Gasteiger partial charge in [0.05, 0.1) is 6.07 Å². The summed E-state index contributed by atoms with van der Waals surface area (Å²) < 4.78 is 0. The summed E-state index contributed by atoms with van der Waals surface area (Å²) in [7, 11) is 0. The highest BCUT2D eigenvalue weighted by atomic mass is 35.5. The molecule has 0 spiro atoms. The number of halogens is 1. The van der Waals surface area contributed by atoms with Gasteiger partial charge in [0.2, 0.25) is 5.91 Å². The van der Waals surface area contributed by atoms with Gasteiger partial charge in [0.25, 0.3) is 0 Å². The molecule has 128 valence electrons. The Balaban J connectivity index is 1.82. The SMILES string of the molecule is Cc1ccc([C@H](C#N)C(=O)CCCC(=O)Nc2ccc(Cl)cc2)cc1. The maximum absolute atomic E-state index is 12.3. The van der Waals surface area contributed by atoms with Gasteiger partial charge in [0.1, 0.15) is 5.92 Å². The van der Waals surface area contributed by atoms with Gasteiger partial charge >= 0.3 is 0 Å². The molecule has 0 heterocycles. The fourth-order valence-electron chi connectivity index (χ4n) is 2.42. The van der Waals surface area contributed by atoms with Crippen LogP contribution in [0.15, 0.2) is 48.5 Å². The predicted molar refractivity (Wildman–Crippen MR) is 98.5 cm³/mol. The monoisotopic (exact) mass is 354 g/mol. The molecule has 0 radical (unpaired) electrons. The van der Waals surface area contributed by atoms with Crippen LogP contribution >= 0.6 is 11.6 Å². The first-order chi connectivity index (χ1) is 12.0. The van der Waals surface area contributed by atoms with Crippen molar-refractivity contribution in [2.75, 3.05) is 5.32 Å². The van der Waals surface area contributed by atoms with Gasteiger partial charge in [-0.15, -0.1) is 0 Å². The maximum atomic E-state index is 12.3. The molecule has 5 heteroatoms. The highest BCUT2D eigenvalue weighted by Crippen LogP contribution is 2.20. The topological polar surface area (TPSA) is 70.0 Å². The van der Waals surface area contributed by atoms with Crippen molar-refractivity contribution in [1.82, 2.24) is 0 Å². The first-order valence-electron chi connectivity index (χ1n) is 8.04. The molecule has 25 heavy (non-hydrogen) atoms. The minimum Gasteiger partial charge on any atom is -0.326 e. The van der Waals surface area contributed by atoms with E-state index in [1.807, 2.05) is 19.1 Å². The van der Waals surface area contributed by atoms with E-state index in [2.05, 4.69) is 11.4 Å². The van der Waals surface area contributed by atoms with Crippen molar-refractivity contribution in [2.45, 2.75) is 32.1 Å². The average Bonchev–Trinajstić information content (AvgIpc) is 2.59. The summed E-state index contributed by atoms with van der Waals surface area (Å²) in [6, 6.07) is 16.2. The van der Waals surface area contributed by atoms with Gasteiger partial charge in [-0.25, -0.2) is 0 Å². The molecule has 0 aliphatic heterocycles. The summed E-state index contributed by atoms with van der Waals surface area (Å²) in [6.45, 7) is 1.95. The molecular weight excluding hydrogens is 336 g/mol. The lowest BCUT2D eigenvalue weighted by molar-refractivity contribution is -0.119. The van der Waals surface area contributed by atoms with Gasteiger partial charge in [-0.2, -0.15) is 5.26 Å². The van der Waals surface area contributed by atoms with Crippen molar-refractivity contribution in [3.05, 3.63) is 64.7 Å². The van der Waals surface area contributed by atoms with Gasteiger partial charge in [0.15, 0.2) is 5.78 Å². The third kappa shape index (κ3) is 5.74. The predicted octanol–water partition coefficient (Wildman–Crippen LogP) is 4.63. The number of ketones is 1. The number of anilines is 1. The van der Waals surface area contributed by atoms with Crippen LogP contribution in [0.4, 0.5) is 5.69 Å². The zero-order valence-electron chi connectivity index (χ0n) is 14.0. The molecule has 4 nitrogen and oxygen atoms in total. The van der Waals surface area contributed by atoms with Crippen molar-refractivity contribution in [3.8, 4) is 6.07 Å². The van der Waals surface area contributed by atoms with Crippen LogP contribution < -0.4 is 5.32 Å². The number of hydrogen-bond acceptors (Lipinski definition) is 3. The largest absolute Gasteiger partial charge is 0.326 e. The van der Waals surface area contributed by atoms with Crippen molar-refractivity contribution in [3.63, 3.8) is 0 Å². The second-order valence-corrected chi connectivity index (χ2v) is 6.28.